The molecule has 3 rings (SSSR count). The van der Waals surface area contributed by atoms with E-state index in [4.69, 9.17) is 5.73 Å². The highest BCUT2D eigenvalue weighted by Crippen LogP contribution is 2.30. The molecule has 1 aliphatic heterocycles. The van der Waals surface area contributed by atoms with Gasteiger partial charge in [-0.3, -0.25) is 4.79 Å². The van der Waals surface area contributed by atoms with Crippen LogP contribution in [0.25, 0.3) is 10.2 Å². The zero-order valence-electron chi connectivity index (χ0n) is 12.3. The van der Waals surface area contributed by atoms with Crippen molar-refractivity contribution < 1.29 is 4.79 Å². The van der Waals surface area contributed by atoms with Crippen molar-refractivity contribution in [3.63, 3.8) is 0 Å². The van der Waals surface area contributed by atoms with E-state index in [-0.39, 0.29) is 11.9 Å². The summed E-state index contributed by atoms with van der Waals surface area (Å²) in [6.45, 7) is 5.60. The molecule has 0 spiro atoms. The van der Waals surface area contributed by atoms with Gasteiger partial charge in [0.15, 0.2) is 0 Å². The number of nitrogens with zero attached hydrogens (tertiary/aromatic N) is 2. The summed E-state index contributed by atoms with van der Waals surface area (Å²) < 4.78 is 1.08. The molecule has 1 aliphatic rings. The molecule has 21 heavy (non-hydrogen) atoms. The third kappa shape index (κ3) is 2.81. The number of likely N-dealkylation sites (tertiary alicyclic amines) is 1. The Balaban J connectivity index is 1.80. The van der Waals surface area contributed by atoms with Gasteiger partial charge in [0.1, 0.15) is 6.04 Å². The van der Waals surface area contributed by atoms with Crippen LogP contribution in [0.1, 0.15) is 24.8 Å². The minimum Gasteiger partial charge on any atom is -0.397 e. The Kier molecular flexibility index (Phi) is 3.71. The van der Waals surface area contributed by atoms with Crippen molar-refractivity contribution in [2.45, 2.75) is 32.7 Å². The number of fused-ring (bicyclic) bond motifs is 1. The fourth-order valence-corrected chi connectivity index (χ4v) is 3.59. The van der Waals surface area contributed by atoms with E-state index >= 15 is 0 Å². The molecule has 5 nitrogen and oxygen atoms in total. The van der Waals surface area contributed by atoms with Crippen LogP contribution in [0.15, 0.2) is 12.1 Å². The first-order valence-electron chi connectivity index (χ1n) is 7.26. The summed E-state index contributed by atoms with van der Waals surface area (Å²) in [7, 11) is 0. The summed E-state index contributed by atoms with van der Waals surface area (Å²) in [4.78, 5) is 18.7. The first-order valence-corrected chi connectivity index (χ1v) is 8.08. The van der Waals surface area contributed by atoms with Crippen LogP contribution in [0.5, 0.6) is 0 Å². The summed E-state index contributed by atoms with van der Waals surface area (Å²) in [5.74, 6) is 0.140. The third-order valence-electron chi connectivity index (χ3n) is 3.83. The van der Waals surface area contributed by atoms with E-state index in [1.165, 1.54) is 0 Å². The van der Waals surface area contributed by atoms with Crippen LogP contribution in [0.4, 0.5) is 11.4 Å². The molecule has 2 aromatic rings. The molecular weight excluding hydrogens is 284 g/mol. The lowest BCUT2D eigenvalue weighted by Crippen LogP contribution is -2.39. The lowest BCUT2D eigenvalue weighted by Gasteiger charge is -2.22. The second-order valence-corrected chi connectivity index (χ2v) is 6.77. The molecule has 1 saturated heterocycles. The van der Waals surface area contributed by atoms with Crippen LogP contribution in [-0.4, -0.2) is 34.9 Å². The molecule has 0 bridgehead atoms. The summed E-state index contributed by atoms with van der Waals surface area (Å²) >= 11 is 1.63. The first-order chi connectivity index (χ1) is 10.0. The standard InChI is InChI=1S/C15H20N4OS/c1-9(15(20)19-5-3-4-6-19)17-12-8-13-14(7-11(12)16)21-10(2)18-13/h7-9,17H,3-6,16H2,1-2H3. The maximum Gasteiger partial charge on any atom is 0.244 e. The number of thiazole rings is 1. The van der Waals surface area contributed by atoms with E-state index in [2.05, 4.69) is 10.3 Å². The number of aryl methyl sites for hydroxylation is 1. The SMILES string of the molecule is Cc1nc2cc(NC(C)C(=O)N3CCCC3)c(N)cc2s1. The Morgan fingerprint density at radius 2 is 2.14 bits per heavy atom. The smallest absolute Gasteiger partial charge is 0.244 e. The van der Waals surface area contributed by atoms with Crippen molar-refractivity contribution in [2.75, 3.05) is 24.1 Å². The van der Waals surface area contributed by atoms with Gasteiger partial charge in [0.2, 0.25) is 5.91 Å². The molecule has 1 aromatic carbocycles. The number of amides is 1. The zero-order valence-corrected chi connectivity index (χ0v) is 13.2. The van der Waals surface area contributed by atoms with E-state index < -0.39 is 0 Å². The van der Waals surface area contributed by atoms with Gasteiger partial charge in [-0.25, -0.2) is 4.98 Å². The molecule has 2 heterocycles. The van der Waals surface area contributed by atoms with Crippen LogP contribution in [0.3, 0.4) is 0 Å². The van der Waals surface area contributed by atoms with Crippen LogP contribution in [0, 0.1) is 6.92 Å². The zero-order chi connectivity index (χ0) is 15.0. The van der Waals surface area contributed by atoms with Gasteiger partial charge in [0.25, 0.3) is 0 Å². The van der Waals surface area contributed by atoms with Crippen molar-refractivity contribution in [3.8, 4) is 0 Å². The number of hydrogen-bond donors (Lipinski definition) is 2. The number of anilines is 2. The van der Waals surface area contributed by atoms with Gasteiger partial charge in [-0.15, -0.1) is 11.3 Å². The fraction of sp³-hybridized carbons (Fsp3) is 0.467. The van der Waals surface area contributed by atoms with E-state index in [9.17, 15) is 4.79 Å². The van der Waals surface area contributed by atoms with Crippen molar-refractivity contribution in [2.24, 2.45) is 0 Å². The monoisotopic (exact) mass is 304 g/mol. The Bertz CT molecular complexity index is 676. The summed E-state index contributed by atoms with van der Waals surface area (Å²) in [6.07, 6.45) is 2.20. The highest BCUT2D eigenvalue weighted by Gasteiger charge is 2.23. The van der Waals surface area contributed by atoms with Gasteiger partial charge in [0.05, 0.1) is 26.6 Å². The molecule has 0 saturated carbocycles. The topological polar surface area (TPSA) is 71.2 Å². The van der Waals surface area contributed by atoms with E-state index in [1.54, 1.807) is 11.3 Å². The number of carbonyl (C=O) groups excluding carboxylic acids is 1. The van der Waals surface area contributed by atoms with Gasteiger partial charge in [-0.2, -0.15) is 0 Å². The Hall–Kier alpha value is -1.82. The maximum atomic E-state index is 12.3. The highest BCUT2D eigenvalue weighted by molar-refractivity contribution is 7.18. The fourth-order valence-electron chi connectivity index (χ4n) is 2.74. The normalized spacial score (nSPS) is 16.4. The molecule has 1 unspecified atom stereocenters. The summed E-state index contributed by atoms with van der Waals surface area (Å²) in [6, 6.07) is 3.58. The Labute approximate surface area is 128 Å². The lowest BCUT2D eigenvalue weighted by molar-refractivity contribution is -0.130. The van der Waals surface area contributed by atoms with Crippen molar-refractivity contribution in [3.05, 3.63) is 17.1 Å². The maximum absolute atomic E-state index is 12.3. The molecule has 6 heteroatoms. The Morgan fingerprint density at radius 1 is 1.43 bits per heavy atom. The number of benzene rings is 1. The van der Waals surface area contributed by atoms with Crippen molar-refractivity contribution in [1.29, 1.82) is 0 Å². The number of hydrogen-bond acceptors (Lipinski definition) is 5. The Morgan fingerprint density at radius 3 is 2.86 bits per heavy atom. The predicted octanol–water partition coefficient (Wildman–Crippen LogP) is 2.61. The molecular formula is C15H20N4OS. The van der Waals surface area contributed by atoms with Crippen LogP contribution < -0.4 is 11.1 Å². The minimum absolute atomic E-state index is 0.140. The largest absolute Gasteiger partial charge is 0.397 e. The number of aromatic nitrogens is 1. The molecule has 3 N–H and O–H groups in total. The van der Waals surface area contributed by atoms with Crippen molar-refractivity contribution >= 4 is 38.8 Å². The predicted molar refractivity (Wildman–Crippen MR) is 87.7 cm³/mol. The van der Waals surface area contributed by atoms with Gasteiger partial charge in [-0.1, -0.05) is 0 Å². The van der Waals surface area contributed by atoms with Gasteiger partial charge in [0, 0.05) is 13.1 Å². The molecule has 0 radical (unpaired) electrons. The molecule has 112 valence electrons. The second-order valence-electron chi connectivity index (χ2n) is 5.54. The van der Waals surface area contributed by atoms with Gasteiger partial charge in [-0.05, 0) is 38.8 Å². The molecule has 0 aliphatic carbocycles. The number of rotatable bonds is 3. The van der Waals surface area contributed by atoms with E-state index in [1.807, 2.05) is 30.9 Å². The minimum atomic E-state index is -0.275. The molecule has 1 atom stereocenters. The third-order valence-corrected chi connectivity index (χ3v) is 4.76. The summed E-state index contributed by atoms with van der Waals surface area (Å²) in [5.41, 5.74) is 8.46. The van der Waals surface area contributed by atoms with Gasteiger partial charge >= 0.3 is 0 Å². The average Bonchev–Trinajstić information content (AvgIpc) is 3.06. The lowest BCUT2D eigenvalue weighted by atomic mass is 10.2. The quantitative estimate of drug-likeness (QED) is 0.855. The second kappa shape index (κ2) is 5.52. The van der Waals surface area contributed by atoms with Crippen LogP contribution in [0.2, 0.25) is 0 Å². The number of nitrogens with two attached hydrogens (primary N) is 1. The number of nitrogens with one attached hydrogen (secondary N) is 1. The average molecular weight is 304 g/mol. The first kappa shape index (κ1) is 14.1. The van der Waals surface area contributed by atoms with Gasteiger partial charge < -0.3 is 16.0 Å². The molecule has 1 fully saturated rings. The van der Waals surface area contributed by atoms with E-state index in [0.29, 0.717) is 5.69 Å². The van der Waals surface area contributed by atoms with Crippen molar-refractivity contribution in [1.82, 2.24) is 9.88 Å². The molecule has 1 amide bonds. The van der Waals surface area contributed by atoms with Crippen LogP contribution >= 0.6 is 11.3 Å². The highest BCUT2D eigenvalue weighted by atomic mass is 32.1. The van der Waals surface area contributed by atoms with Crippen LogP contribution in [-0.2, 0) is 4.79 Å². The number of nitrogen functional groups attached to an aromatic ring is 1. The number of carbonyl (C=O) groups is 1. The van der Waals surface area contributed by atoms with E-state index in [0.717, 1.165) is 46.8 Å². The molecule has 1 aromatic heterocycles. The summed E-state index contributed by atoms with van der Waals surface area (Å²) in [5, 5.41) is 4.25.